The number of carbonyl (C=O) groups excluding carboxylic acids is 1. The number of hydrogen-bond donors (Lipinski definition) is 1. The molecule has 2 heterocycles. The average molecular weight is 432 g/mol. The molecule has 1 amide bonds. The third kappa shape index (κ3) is 5.46. The summed E-state index contributed by atoms with van der Waals surface area (Å²) in [5.41, 5.74) is 1.43. The van der Waals surface area contributed by atoms with Crippen molar-refractivity contribution >= 4 is 5.91 Å². The fourth-order valence-corrected chi connectivity index (χ4v) is 3.82. The molecule has 31 heavy (non-hydrogen) atoms. The Labute approximate surface area is 183 Å². The highest BCUT2D eigenvalue weighted by molar-refractivity contribution is 5.91. The van der Waals surface area contributed by atoms with E-state index in [1.807, 2.05) is 16.8 Å². The van der Waals surface area contributed by atoms with Gasteiger partial charge in [-0.3, -0.25) is 9.69 Å². The first kappa shape index (κ1) is 22.9. The predicted molar refractivity (Wildman–Crippen MR) is 117 cm³/mol. The van der Waals surface area contributed by atoms with Gasteiger partial charge in [0.05, 0.1) is 33.6 Å². The first-order valence-electron chi connectivity index (χ1n) is 10.7. The van der Waals surface area contributed by atoms with Gasteiger partial charge in [0.1, 0.15) is 0 Å². The molecule has 0 atom stereocenters. The maximum Gasteiger partial charge on any atom is 0.273 e. The van der Waals surface area contributed by atoms with Crippen molar-refractivity contribution in [1.82, 2.24) is 25.2 Å². The van der Waals surface area contributed by atoms with Crippen LogP contribution in [0.4, 0.5) is 0 Å². The molecule has 0 saturated carbocycles. The van der Waals surface area contributed by atoms with Gasteiger partial charge >= 0.3 is 0 Å². The first-order valence-corrected chi connectivity index (χ1v) is 10.7. The van der Waals surface area contributed by atoms with E-state index in [0.717, 1.165) is 38.0 Å². The number of amides is 1. The number of piperidine rings is 1. The van der Waals surface area contributed by atoms with Gasteiger partial charge in [-0.2, -0.15) is 0 Å². The Balaban J connectivity index is 1.59. The van der Waals surface area contributed by atoms with Crippen LogP contribution in [0.25, 0.3) is 0 Å². The minimum absolute atomic E-state index is 0.169. The molecular weight excluding hydrogens is 398 g/mol. The summed E-state index contributed by atoms with van der Waals surface area (Å²) in [5, 5.41) is 11.1. The molecule has 1 aliphatic rings. The van der Waals surface area contributed by atoms with Crippen LogP contribution in [0, 0.1) is 5.92 Å². The van der Waals surface area contributed by atoms with Crippen molar-refractivity contribution in [2.75, 3.05) is 41.0 Å². The summed E-state index contributed by atoms with van der Waals surface area (Å²) < 4.78 is 18.3. The van der Waals surface area contributed by atoms with Crippen molar-refractivity contribution in [3.8, 4) is 17.2 Å². The molecule has 0 bridgehead atoms. The van der Waals surface area contributed by atoms with E-state index in [4.69, 9.17) is 14.2 Å². The molecule has 0 spiro atoms. The minimum atomic E-state index is -0.169. The number of benzene rings is 1. The highest BCUT2D eigenvalue weighted by Crippen LogP contribution is 2.40. The van der Waals surface area contributed by atoms with Crippen LogP contribution in [-0.2, 0) is 6.54 Å². The Morgan fingerprint density at radius 2 is 1.84 bits per heavy atom. The lowest BCUT2D eigenvalue weighted by Gasteiger charge is -2.32. The number of hydrogen-bond acceptors (Lipinski definition) is 7. The Morgan fingerprint density at radius 3 is 2.45 bits per heavy atom. The monoisotopic (exact) mass is 431 g/mol. The van der Waals surface area contributed by atoms with E-state index in [1.54, 1.807) is 27.5 Å². The molecule has 1 aromatic carbocycles. The van der Waals surface area contributed by atoms with Crippen molar-refractivity contribution < 1.29 is 19.0 Å². The quantitative estimate of drug-likeness (QED) is 0.652. The summed E-state index contributed by atoms with van der Waals surface area (Å²) >= 11 is 0. The molecule has 1 N–H and O–H groups in total. The zero-order valence-electron chi connectivity index (χ0n) is 19.1. The van der Waals surface area contributed by atoms with Crippen LogP contribution in [0.1, 0.15) is 48.8 Å². The molecule has 2 aromatic rings. The number of nitrogens with zero attached hydrogens (tertiary/aromatic N) is 4. The van der Waals surface area contributed by atoms with Crippen LogP contribution in [0.5, 0.6) is 17.2 Å². The van der Waals surface area contributed by atoms with E-state index in [2.05, 4.69) is 34.4 Å². The molecule has 9 nitrogen and oxygen atoms in total. The molecule has 170 valence electrons. The Morgan fingerprint density at radius 1 is 1.13 bits per heavy atom. The van der Waals surface area contributed by atoms with E-state index in [1.165, 1.54) is 0 Å². The summed E-state index contributed by atoms with van der Waals surface area (Å²) in [4.78, 5) is 14.6. The molecular formula is C22H33N5O4. The number of nitrogens with one attached hydrogen (secondary N) is 1. The normalized spacial score (nSPS) is 15.2. The maximum absolute atomic E-state index is 12.2. The van der Waals surface area contributed by atoms with Crippen molar-refractivity contribution in [2.45, 2.75) is 39.3 Å². The van der Waals surface area contributed by atoms with Gasteiger partial charge in [-0.25, -0.2) is 4.68 Å². The van der Waals surface area contributed by atoms with Crippen molar-refractivity contribution in [3.63, 3.8) is 0 Å². The number of methoxy groups -OCH3 is 3. The maximum atomic E-state index is 12.2. The summed E-state index contributed by atoms with van der Waals surface area (Å²) in [6, 6.07) is 4.17. The van der Waals surface area contributed by atoms with Crippen LogP contribution in [-0.4, -0.2) is 66.8 Å². The zero-order valence-corrected chi connectivity index (χ0v) is 19.1. The van der Waals surface area contributed by atoms with Gasteiger partial charge in [0.15, 0.2) is 17.2 Å². The lowest BCUT2D eigenvalue weighted by Crippen LogP contribution is -2.34. The summed E-state index contributed by atoms with van der Waals surface area (Å²) in [6.45, 7) is 7.33. The fraction of sp³-hybridized carbons (Fsp3) is 0.591. The number of carbonyl (C=O) groups is 1. The van der Waals surface area contributed by atoms with Gasteiger partial charge < -0.3 is 19.5 Å². The number of aromatic nitrogens is 3. The largest absolute Gasteiger partial charge is 0.493 e. The predicted octanol–water partition coefficient (Wildman–Crippen LogP) is 2.53. The zero-order chi connectivity index (χ0) is 22.4. The molecule has 1 aliphatic heterocycles. The Hall–Kier alpha value is -2.81. The van der Waals surface area contributed by atoms with Crippen LogP contribution in [0.3, 0.4) is 0 Å². The molecule has 3 rings (SSSR count). The second-order valence-corrected chi connectivity index (χ2v) is 8.19. The number of ether oxygens (including phenoxy) is 3. The van der Waals surface area contributed by atoms with Crippen LogP contribution < -0.4 is 19.5 Å². The molecule has 0 radical (unpaired) electrons. The SMILES string of the molecule is COc1ccc(CN2CCC(n3cc(C(=O)NCC(C)C)nn3)CC2)c(OC)c1OC. The minimum Gasteiger partial charge on any atom is -0.493 e. The van der Waals surface area contributed by atoms with E-state index >= 15 is 0 Å². The molecule has 0 unspecified atom stereocenters. The Bertz CT molecular complexity index is 875. The highest BCUT2D eigenvalue weighted by Gasteiger charge is 2.24. The third-order valence-corrected chi connectivity index (χ3v) is 5.52. The number of rotatable bonds is 9. The van der Waals surface area contributed by atoms with E-state index < -0.39 is 0 Å². The summed E-state index contributed by atoms with van der Waals surface area (Å²) in [7, 11) is 4.88. The van der Waals surface area contributed by atoms with Gasteiger partial charge in [0, 0.05) is 31.7 Å². The number of likely N-dealkylation sites (tertiary alicyclic amines) is 1. The van der Waals surface area contributed by atoms with Gasteiger partial charge in [0.2, 0.25) is 5.75 Å². The van der Waals surface area contributed by atoms with Gasteiger partial charge in [-0.15, -0.1) is 5.10 Å². The summed E-state index contributed by atoms with van der Waals surface area (Å²) in [5.74, 6) is 2.20. The van der Waals surface area contributed by atoms with Gasteiger partial charge in [-0.05, 0) is 24.8 Å². The fourth-order valence-electron chi connectivity index (χ4n) is 3.82. The topological polar surface area (TPSA) is 90.7 Å². The van der Waals surface area contributed by atoms with Crippen molar-refractivity contribution in [3.05, 3.63) is 29.6 Å². The standard InChI is InChI=1S/C22H33N5O4/c1-15(2)12-23-22(28)18-14-27(25-24-18)17-8-10-26(11-9-17)13-16-6-7-19(29-3)21(31-5)20(16)30-4/h6-7,14-15,17H,8-13H2,1-5H3,(H,23,28). The van der Waals surface area contributed by atoms with E-state index in [-0.39, 0.29) is 11.9 Å². The summed E-state index contributed by atoms with van der Waals surface area (Å²) in [6.07, 6.45) is 3.63. The molecule has 9 heteroatoms. The third-order valence-electron chi connectivity index (χ3n) is 5.52. The van der Waals surface area contributed by atoms with Gasteiger partial charge in [-0.1, -0.05) is 25.1 Å². The van der Waals surface area contributed by atoms with E-state index in [0.29, 0.717) is 35.4 Å². The van der Waals surface area contributed by atoms with Crippen LogP contribution in [0.15, 0.2) is 18.3 Å². The lowest BCUT2D eigenvalue weighted by atomic mass is 10.0. The van der Waals surface area contributed by atoms with Crippen LogP contribution in [0.2, 0.25) is 0 Å². The average Bonchev–Trinajstić information content (AvgIpc) is 3.27. The highest BCUT2D eigenvalue weighted by atomic mass is 16.5. The molecule has 1 fully saturated rings. The second-order valence-electron chi connectivity index (χ2n) is 8.19. The Kier molecular flexibility index (Phi) is 7.73. The second kappa shape index (κ2) is 10.5. The molecule has 0 aliphatic carbocycles. The smallest absolute Gasteiger partial charge is 0.273 e. The van der Waals surface area contributed by atoms with Crippen LogP contribution >= 0.6 is 0 Å². The van der Waals surface area contributed by atoms with E-state index in [9.17, 15) is 4.79 Å². The molecule has 1 saturated heterocycles. The molecule has 1 aromatic heterocycles. The van der Waals surface area contributed by atoms with Gasteiger partial charge in [0.25, 0.3) is 5.91 Å². The van der Waals surface area contributed by atoms with Crippen molar-refractivity contribution in [2.24, 2.45) is 5.92 Å². The lowest BCUT2D eigenvalue weighted by molar-refractivity contribution is 0.0944. The van der Waals surface area contributed by atoms with Crippen molar-refractivity contribution in [1.29, 1.82) is 0 Å². The first-order chi connectivity index (χ1) is 15.0.